The standard InChI is InChI=1S/C25H20N4OS2/c30-23(29-19-10-4-6-12-21(19)32-22-13-7-5-11-20(22)29)16-31-25-27-26-24(17-14-15-17)28(25)18-8-2-1-3-9-18/h1-13,17H,14-16H2. The monoisotopic (exact) mass is 456 g/mol. The Bertz CT molecular complexity index is 1250. The first-order chi connectivity index (χ1) is 15.8. The number of aromatic nitrogens is 3. The summed E-state index contributed by atoms with van der Waals surface area (Å²) in [6.07, 6.45) is 2.29. The Morgan fingerprint density at radius 1 is 0.875 bits per heavy atom. The van der Waals surface area contributed by atoms with Crippen molar-refractivity contribution in [1.82, 2.24) is 14.8 Å². The van der Waals surface area contributed by atoms with Gasteiger partial charge < -0.3 is 0 Å². The van der Waals surface area contributed by atoms with E-state index in [-0.39, 0.29) is 11.7 Å². The van der Waals surface area contributed by atoms with Crippen molar-refractivity contribution < 1.29 is 4.79 Å². The average Bonchev–Trinajstić information content (AvgIpc) is 3.60. The molecule has 6 rings (SSSR count). The van der Waals surface area contributed by atoms with Gasteiger partial charge in [-0.05, 0) is 49.2 Å². The van der Waals surface area contributed by atoms with Crippen molar-refractivity contribution in [3.05, 3.63) is 84.7 Å². The minimum atomic E-state index is 0.0331. The summed E-state index contributed by atoms with van der Waals surface area (Å²) in [6.45, 7) is 0. The van der Waals surface area contributed by atoms with Crippen LogP contribution < -0.4 is 4.90 Å². The first-order valence-electron chi connectivity index (χ1n) is 10.6. The molecule has 5 nitrogen and oxygen atoms in total. The lowest BCUT2D eigenvalue weighted by atomic mass is 10.2. The van der Waals surface area contributed by atoms with Gasteiger partial charge >= 0.3 is 0 Å². The zero-order valence-corrected chi connectivity index (χ0v) is 18.9. The third-order valence-corrected chi connectivity index (χ3v) is 7.67. The molecule has 1 fully saturated rings. The Labute approximate surface area is 194 Å². The number of benzene rings is 3. The Hall–Kier alpha value is -3.03. The minimum absolute atomic E-state index is 0.0331. The number of hydrogen-bond acceptors (Lipinski definition) is 5. The minimum Gasteiger partial charge on any atom is -0.278 e. The van der Waals surface area contributed by atoms with E-state index in [0.717, 1.165) is 50.7 Å². The van der Waals surface area contributed by atoms with E-state index >= 15 is 0 Å². The zero-order valence-electron chi connectivity index (χ0n) is 17.2. The van der Waals surface area contributed by atoms with Gasteiger partial charge in [-0.15, -0.1) is 10.2 Å². The molecular formula is C25H20N4OS2. The summed E-state index contributed by atoms with van der Waals surface area (Å²) in [7, 11) is 0. The molecule has 0 radical (unpaired) electrons. The van der Waals surface area contributed by atoms with E-state index in [2.05, 4.69) is 39.0 Å². The first-order valence-corrected chi connectivity index (χ1v) is 12.4. The predicted molar refractivity (Wildman–Crippen MR) is 128 cm³/mol. The second-order valence-electron chi connectivity index (χ2n) is 7.84. The van der Waals surface area contributed by atoms with Crippen LogP contribution in [0.3, 0.4) is 0 Å². The van der Waals surface area contributed by atoms with Gasteiger partial charge in [0.25, 0.3) is 0 Å². The number of nitrogens with zero attached hydrogens (tertiary/aromatic N) is 4. The molecule has 0 spiro atoms. The number of carbonyl (C=O) groups excluding carboxylic acids is 1. The van der Waals surface area contributed by atoms with Gasteiger partial charge in [-0.25, -0.2) is 0 Å². The average molecular weight is 457 g/mol. The highest BCUT2D eigenvalue weighted by Gasteiger charge is 2.32. The van der Waals surface area contributed by atoms with Gasteiger partial charge in [-0.3, -0.25) is 14.3 Å². The predicted octanol–water partition coefficient (Wildman–Crippen LogP) is 6.07. The van der Waals surface area contributed by atoms with Gasteiger partial charge in [0.15, 0.2) is 5.16 Å². The van der Waals surface area contributed by atoms with E-state index in [9.17, 15) is 4.79 Å². The molecule has 32 heavy (non-hydrogen) atoms. The van der Waals surface area contributed by atoms with E-state index in [0.29, 0.717) is 5.92 Å². The van der Waals surface area contributed by atoms with Gasteiger partial charge in [0.05, 0.1) is 17.1 Å². The summed E-state index contributed by atoms with van der Waals surface area (Å²) in [5.41, 5.74) is 2.91. The van der Waals surface area contributed by atoms with Crippen molar-refractivity contribution >= 4 is 40.8 Å². The Morgan fingerprint density at radius 2 is 1.50 bits per heavy atom. The van der Waals surface area contributed by atoms with Crippen LogP contribution in [0.2, 0.25) is 0 Å². The van der Waals surface area contributed by atoms with Crippen LogP contribution in [0.4, 0.5) is 11.4 Å². The molecule has 158 valence electrons. The number of hydrogen-bond donors (Lipinski definition) is 0. The van der Waals surface area contributed by atoms with Crippen molar-refractivity contribution in [3.63, 3.8) is 0 Å². The summed E-state index contributed by atoms with van der Waals surface area (Å²) in [4.78, 5) is 17.6. The van der Waals surface area contributed by atoms with Crippen LogP contribution >= 0.6 is 23.5 Å². The number of fused-ring (bicyclic) bond motifs is 2. The van der Waals surface area contributed by atoms with Gasteiger partial charge in [0.2, 0.25) is 5.91 Å². The third-order valence-electron chi connectivity index (χ3n) is 5.62. The fourth-order valence-electron chi connectivity index (χ4n) is 3.96. The van der Waals surface area contributed by atoms with Crippen molar-refractivity contribution in [2.45, 2.75) is 33.7 Å². The Balaban J connectivity index is 1.31. The highest BCUT2D eigenvalue weighted by Crippen LogP contribution is 2.48. The lowest BCUT2D eigenvalue weighted by molar-refractivity contribution is -0.115. The van der Waals surface area contributed by atoms with Crippen LogP contribution in [0.15, 0.2) is 93.8 Å². The fraction of sp³-hybridized carbons (Fsp3) is 0.160. The van der Waals surface area contributed by atoms with E-state index in [1.807, 2.05) is 59.5 Å². The number of anilines is 2. The van der Waals surface area contributed by atoms with Crippen molar-refractivity contribution in [2.24, 2.45) is 0 Å². The molecule has 0 bridgehead atoms. The topological polar surface area (TPSA) is 51.0 Å². The molecule has 0 atom stereocenters. The van der Waals surface area contributed by atoms with Crippen LogP contribution in [0.5, 0.6) is 0 Å². The van der Waals surface area contributed by atoms with Crippen molar-refractivity contribution in [3.8, 4) is 5.69 Å². The second-order valence-corrected chi connectivity index (χ2v) is 9.87. The van der Waals surface area contributed by atoms with E-state index in [4.69, 9.17) is 0 Å². The molecule has 0 saturated heterocycles. The molecule has 1 amide bonds. The maximum atomic E-state index is 13.5. The highest BCUT2D eigenvalue weighted by atomic mass is 32.2. The van der Waals surface area contributed by atoms with Crippen LogP contribution in [0, 0.1) is 0 Å². The molecular weight excluding hydrogens is 436 g/mol. The smallest absolute Gasteiger partial charge is 0.242 e. The van der Waals surface area contributed by atoms with Crippen LogP contribution in [-0.2, 0) is 4.79 Å². The van der Waals surface area contributed by atoms with Gasteiger partial charge in [0.1, 0.15) is 5.82 Å². The van der Waals surface area contributed by atoms with Crippen molar-refractivity contribution in [2.75, 3.05) is 10.7 Å². The number of thioether (sulfide) groups is 1. The highest BCUT2D eigenvalue weighted by molar-refractivity contribution is 8.00. The molecule has 0 unspecified atom stereocenters. The van der Waals surface area contributed by atoms with Gasteiger partial charge in [-0.1, -0.05) is 66.0 Å². The summed E-state index contributed by atoms with van der Waals surface area (Å²) < 4.78 is 2.11. The maximum Gasteiger partial charge on any atom is 0.242 e. The normalized spacial score (nSPS) is 14.7. The third kappa shape index (κ3) is 3.51. The van der Waals surface area contributed by atoms with E-state index in [1.54, 1.807) is 11.8 Å². The van der Waals surface area contributed by atoms with E-state index < -0.39 is 0 Å². The zero-order chi connectivity index (χ0) is 21.5. The molecule has 1 aromatic heterocycles. The number of rotatable bonds is 5. The van der Waals surface area contributed by atoms with E-state index in [1.165, 1.54) is 11.8 Å². The second kappa shape index (κ2) is 8.15. The van der Waals surface area contributed by atoms with Crippen LogP contribution in [0.1, 0.15) is 24.6 Å². The molecule has 4 aromatic rings. The molecule has 3 aromatic carbocycles. The maximum absolute atomic E-state index is 13.5. The summed E-state index contributed by atoms with van der Waals surface area (Å²) >= 11 is 3.15. The molecule has 7 heteroatoms. The largest absolute Gasteiger partial charge is 0.278 e. The molecule has 2 aliphatic rings. The van der Waals surface area contributed by atoms with Crippen molar-refractivity contribution in [1.29, 1.82) is 0 Å². The molecule has 1 aliphatic carbocycles. The number of amides is 1. The molecule has 2 heterocycles. The SMILES string of the molecule is O=C(CSc1nnc(C2CC2)n1-c1ccccc1)N1c2ccccc2Sc2ccccc21. The molecule has 1 saturated carbocycles. The fourth-order valence-corrected chi connectivity index (χ4v) is 5.83. The summed E-state index contributed by atoms with van der Waals surface area (Å²) in [5.74, 6) is 1.77. The van der Waals surface area contributed by atoms with Gasteiger partial charge in [-0.2, -0.15) is 0 Å². The molecule has 0 N–H and O–H groups in total. The van der Waals surface area contributed by atoms with Crippen LogP contribution in [0.25, 0.3) is 5.69 Å². The Morgan fingerprint density at radius 3 is 2.16 bits per heavy atom. The molecule has 1 aliphatic heterocycles. The quantitative estimate of drug-likeness (QED) is 0.341. The van der Waals surface area contributed by atoms with Crippen LogP contribution in [-0.4, -0.2) is 26.4 Å². The summed E-state index contributed by atoms with van der Waals surface area (Å²) in [6, 6.07) is 26.3. The first kappa shape index (κ1) is 19.6. The lowest BCUT2D eigenvalue weighted by Crippen LogP contribution is -2.30. The van der Waals surface area contributed by atoms with Gasteiger partial charge in [0, 0.05) is 21.4 Å². The number of carbonyl (C=O) groups is 1. The Kier molecular flexibility index (Phi) is 5.00. The summed E-state index contributed by atoms with van der Waals surface area (Å²) in [5, 5.41) is 9.70. The number of para-hydroxylation sites is 3. The lowest BCUT2D eigenvalue weighted by Gasteiger charge is -2.30.